The van der Waals surface area contributed by atoms with Crippen LogP contribution in [0.2, 0.25) is 0 Å². The van der Waals surface area contributed by atoms with Crippen LogP contribution in [0.15, 0.2) is 30.6 Å². The predicted molar refractivity (Wildman–Crippen MR) is 81.3 cm³/mol. The van der Waals surface area contributed by atoms with E-state index in [-0.39, 0.29) is 11.9 Å². The van der Waals surface area contributed by atoms with Crippen LogP contribution in [0.1, 0.15) is 29.4 Å². The number of amides is 1. The summed E-state index contributed by atoms with van der Waals surface area (Å²) in [5.74, 6) is 0.556. The topological polar surface area (TPSA) is 77.0 Å². The first kappa shape index (κ1) is 15.2. The molecule has 6 heteroatoms. The van der Waals surface area contributed by atoms with Crippen molar-refractivity contribution in [2.75, 3.05) is 14.1 Å². The van der Waals surface area contributed by atoms with Gasteiger partial charge in [0.25, 0.3) is 5.91 Å². The second kappa shape index (κ2) is 6.49. The molecule has 0 aliphatic heterocycles. The highest BCUT2D eigenvalue weighted by Gasteiger charge is 2.12. The Morgan fingerprint density at radius 1 is 1.38 bits per heavy atom. The van der Waals surface area contributed by atoms with Gasteiger partial charge in [0.1, 0.15) is 0 Å². The molecule has 2 rings (SSSR count). The molecule has 0 spiro atoms. The molecule has 1 amide bonds. The Labute approximate surface area is 124 Å². The average Bonchev–Trinajstić information content (AvgIpc) is 2.96. The van der Waals surface area contributed by atoms with E-state index in [1.54, 1.807) is 37.2 Å². The molecule has 2 N–H and O–H groups in total. The highest BCUT2D eigenvalue weighted by Crippen LogP contribution is 2.09. The third-order valence-electron chi connectivity index (χ3n) is 3.28. The van der Waals surface area contributed by atoms with Crippen molar-refractivity contribution < 1.29 is 4.79 Å². The lowest BCUT2D eigenvalue weighted by Crippen LogP contribution is -2.22. The molecule has 112 valence electrons. The minimum atomic E-state index is -0.126. The minimum Gasteiger partial charge on any atom is -0.343 e. The lowest BCUT2D eigenvalue weighted by atomic mass is 10.1. The Morgan fingerprint density at radius 2 is 2.14 bits per heavy atom. The molecule has 0 radical (unpaired) electrons. The fourth-order valence-corrected chi connectivity index (χ4v) is 1.91. The number of carbonyl (C=O) groups excluding carboxylic acids is 1. The summed E-state index contributed by atoms with van der Waals surface area (Å²) in [5.41, 5.74) is 7.44. The van der Waals surface area contributed by atoms with Crippen LogP contribution in [-0.2, 0) is 6.42 Å². The van der Waals surface area contributed by atoms with Gasteiger partial charge in [0, 0.05) is 32.5 Å². The highest BCUT2D eigenvalue weighted by atomic mass is 16.2. The molecule has 2 aromatic rings. The van der Waals surface area contributed by atoms with E-state index >= 15 is 0 Å². The summed E-state index contributed by atoms with van der Waals surface area (Å²) < 4.78 is 1.60. The minimum absolute atomic E-state index is 0.126. The van der Waals surface area contributed by atoms with Crippen molar-refractivity contribution in [1.29, 1.82) is 0 Å². The van der Waals surface area contributed by atoms with Crippen LogP contribution < -0.4 is 5.73 Å². The Bertz CT molecular complexity index is 603. The van der Waals surface area contributed by atoms with Crippen molar-refractivity contribution in [2.45, 2.75) is 25.8 Å². The fourth-order valence-electron chi connectivity index (χ4n) is 1.91. The number of nitrogens with two attached hydrogens (primary N) is 1. The predicted octanol–water partition coefficient (Wildman–Crippen LogP) is 1.25. The van der Waals surface area contributed by atoms with Crippen molar-refractivity contribution in [3.63, 3.8) is 0 Å². The monoisotopic (exact) mass is 287 g/mol. The summed E-state index contributed by atoms with van der Waals surface area (Å²) in [6.45, 7) is 2.07. The molecule has 0 aliphatic carbocycles. The summed E-state index contributed by atoms with van der Waals surface area (Å²) in [7, 11) is 3.40. The van der Waals surface area contributed by atoms with Crippen LogP contribution in [0.3, 0.4) is 0 Å². The van der Waals surface area contributed by atoms with Crippen molar-refractivity contribution in [1.82, 2.24) is 19.7 Å². The van der Waals surface area contributed by atoms with Gasteiger partial charge in [0.15, 0.2) is 11.5 Å². The van der Waals surface area contributed by atoms with Gasteiger partial charge in [-0.15, -0.1) is 0 Å². The zero-order valence-corrected chi connectivity index (χ0v) is 12.7. The first-order chi connectivity index (χ1) is 10.0. The molecule has 2 aromatic heterocycles. The molecule has 1 atom stereocenters. The molecule has 0 fully saturated rings. The molecule has 0 aromatic carbocycles. The van der Waals surface area contributed by atoms with Gasteiger partial charge >= 0.3 is 0 Å². The van der Waals surface area contributed by atoms with Crippen molar-refractivity contribution in [3.05, 3.63) is 41.9 Å². The molecule has 0 aliphatic rings. The normalized spacial score (nSPS) is 12.2. The van der Waals surface area contributed by atoms with Crippen LogP contribution in [0.25, 0.3) is 5.82 Å². The maximum atomic E-state index is 11.8. The van der Waals surface area contributed by atoms with Gasteiger partial charge in [-0.1, -0.05) is 13.0 Å². The summed E-state index contributed by atoms with van der Waals surface area (Å²) in [5, 5.41) is 4.25. The Morgan fingerprint density at radius 3 is 2.71 bits per heavy atom. The van der Waals surface area contributed by atoms with Crippen LogP contribution in [-0.4, -0.2) is 45.7 Å². The van der Waals surface area contributed by atoms with Crippen LogP contribution in [0.5, 0.6) is 0 Å². The number of carbonyl (C=O) groups is 1. The van der Waals surface area contributed by atoms with E-state index in [1.807, 2.05) is 12.1 Å². The molecule has 21 heavy (non-hydrogen) atoms. The number of hydrogen-bond acceptors (Lipinski definition) is 4. The number of aromatic nitrogens is 3. The summed E-state index contributed by atoms with van der Waals surface area (Å²) in [6.07, 6.45) is 5.29. The second-order valence-electron chi connectivity index (χ2n) is 5.24. The fraction of sp³-hybridized carbons (Fsp3) is 0.400. The van der Waals surface area contributed by atoms with Crippen molar-refractivity contribution in [3.8, 4) is 5.82 Å². The quantitative estimate of drug-likeness (QED) is 0.898. The zero-order valence-electron chi connectivity index (χ0n) is 12.7. The Hall–Kier alpha value is -2.21. The van der Waals surface area contributed by atoms with E-state index in [0.29, 0.717) is 11.5 Å². The smallest absolute Gasteiger partial charge is 0.273 e. The van der Waals surface area contributed by atoms with E-state index in [2.05, 4.69) is 17.0 Å². The Balaban J connectivity index is 2.14. The van der Waals surface area contributed by atoms with E-state index < -0.39 is 0 Å². The van der Waals surface area contributed by atoms with E-state index in [4.69, 9.17) is 5.73 Å². The largest absolute Gasteiger partial charge is 0.343 e. The van der Waals surface area contributed by atoms with E-state index in [9.17, 15) is 4.79 Å². The second-order valence-corrected chi connectivity index (χ2v) is 5.24. The standard InChI is InChI=1S/C15H21N5O/c1-4-12(16)9-11-5-6-14(17-10-11)20-8-7-13(18-20)15(21)19(2)3/h5-8,10,12H,4,9,16H2,1-3H3. The molecule has 0 saturated heterocycles. The molecular weight excluding hydrogens is 266 g/mol. The lowest BCUT2D eigenvalue weighted by Gasteiger charge is -2.09. The van der Waals surface area contributed by atoms with Gasteiger partial charge in [0.05, 0.1) is 0 Å². The van der Waals surface area contributed by atoms with Crippen LogP contribution in [0.4, 0.5) is 0 Å². The van der Waals surface area contributed by atoms with Gasteiger partial charge < -0.3 is 10.6 Å². The summed E-state index contributed by atoms with van der Waals surface area (Å²) >= 11 is 0. The maximum Gasteiger partial charge on any atom is 0.273 e. The summed E-state index contributed by atoms with van der Waals surface area (Å²) in [6, 6.07) is 5.72. The van der Waals surface area contributed by atoms with Crippen LogP contribution >= 0.6 is 0 Å². The van der Waals surface area contributed by atoms with Gasteiger partial charge in [-0.25, -0.2) is 9.67 Å². The van der Waals surface area contributed by atoms with E-state index in [0.717, 1.165) is 18.4 Å². The molecule has 0 saturated carbocycles. The third-order valence-corrected chi connectivity index (χ3v) is 3.28. The van der Waals surface area contributed by atoms with Gasteiger partial charge in [-0.05, 0) is 30.5 Å². The summed E-state index contributed by atoms with van der Waals surface area (Å²) in [4.78, 5) is 17.7. The van der Waals surface area contributed by atoms with E-state index in [1.165, 1.54) is 4.90 Å². The zero-order chi connectivity index (χ0) is 15.4. The van der Waals surface area contributed by atoms with Gasteiger partial charge in [-0.3, -0.25) is 4.79 Å². The number of rotatable bonds is 5. The van der Waals surface area contributed by atoms with Gasteiger partial charge in [-0.2, -0.15) is 5.10 Å². The lowest BCUT2D eigenvalue weighted by molar-refractivity contribution is 0.0821. The molecule has 0 bridgehead atoms. The molecule has 2 heterocycles. The third kappa shape index (κ3) is 3.66. The van der Waals surface area contributed by atoms with Gasteiger partial charge in [0.2, 0.25) is 0 Å². The maximum absolute atomic E-state index is 11.8. The molecular formula is C15H21N5O. The SMILES string of the molecule is CCC(N)Cc1ccc(-n2ccc(C(=O)N(C)C)n2)nc1. The highest BCUT2D eigenvalue weighted by molar-refractivity contribution is 5.91. The Kier molecular flexibility index (Phi) is 4.70. The molecule has 6 nitrogen and oxygen atoms in total. The first-order valence-electron chi connectivity index (χ1n) is 6.99. The van der Waals surface area contributed by atoms with Crippen LogP contribution in [0, 0.1) is 0 Å². The van der Waals surface area contributed by atoms with Crippen molar-refractivity contribution >= 4 is 5.91 Å². The molecule has 1 unspecified atom stereocenters. The first-order valence-corrected chi connectivity index (χ1v) is 6.99. The number of hydrogen-bond donors (Lipinski definition) is 1. The number of pyridine rings is 1. The van der Waals surface area contributed by atoms with Crippen molar-refractivity contribution in [2.24, 2.45) is 5.73 Å². The average molecular weight is 287 g/mol. The number of nitrogens with zero attached hydrogens (tertiary/aromatic N) is 4.